The topological polar surface area (TPSA) is 72.5 Å². The van der Waals surface area contributed by atoms with E-state index in [1.807, 2.05) is 19.9 Å². The van der Waals surface area contributed by atoms with Crippen LogP contribution in [-0.2, 0) is 16.0 Å². The Balaban J connectivity index is 2.09. The molecule has 128 valence electrons. The van der Waals surface area contributed by atoms with E-state index in [0.717, 1.165) is 21.7 Å². The van der Waals surface area contributed by atoms with E-state index in [9.17, 15) is 14.4 Å². The predicted molar refractivity (Wildman–Crippen MR) is 96.4 cm³/mol. The zero-order valence-electron chi connectivity index (χ0n) is 14.0. The van der Waals surface area contributed by atoms with Gasteiger partial charge in [-0.25, -0.2) is 4.79 Å². The third-order valence-corrected chi connectivity index (χ3v) is 5.89. The second-order valence-corrected chi connectivity index (χ2v) is 7.68. The van der Waals surface area contributed by atoms with Crippen LogP contribution in [0.15, 0.2) is 12.1 Å². The lowest BCUT2D eigenvalue weighted by Gasteiger charge is -2.06. The normalized spacial score (nSPS) is 10.5. The maximum absolute atomic E-state index is 12.4. The number of aryl methyl sites for hydroxylation is 2. The molecule has 2 rings (SSSR count). The molecule has 0 bridgehead atoms. The Labute approximate surface area is 148 Å². The van der Waals surface area contributed by atoms with E-state index in [-0.39, 0.29) is 18.3 Å². The number of ketones is 1. The number of carbonyl (C=O) groups excluding carboxylic acids is 3. The van der Waals surface area contributed by atoms with Crippen molar-refractivity contribution in [2.75, 3.05) is 11.9 Å². The number of hydrogen-bond acceptors (Lipinski definition) is 6. The third-order valence-electron chi connectivity index (χ3n) is 3.50. The number of esters is 1. The summed E-state index contributed by atoms with van der Waals surface area (Å²) >= 11 is 2.73. The molecule has 2 aromatic rings. The molecular weight excluding hydrogens is 346 g/mol. The van der Waals surface area contributed by atoms with E-state index in [0.29, 0.717) is 15.4 Å². The summed E-state index contributed by atoms with van der Waals surface area (Å²) in [4.78, 5) is 38.4. The largest absolute Gasteiger partial charge is 0.454 e. The van der Waals surface area contributed by atoms with Crippen LogP contribution in [0.3, 0.4) is 0 Å². The van der Waals surface area contributed by atoms with Gasteiger partial charge in [0.15, 0.2) is 6.61 Å². The van der Waals surface area contributed by atoms with Crippen molar-refractivity contribution in [2.24, 2.45) is 0 Å². The van der Waals surface area contributed by atoms with E-state index in [1.54, 1.807) is 13.0 Å². The molecule has 0 spiro atoms. The fourth-order valence-corrected chi connectivity index (χ4v) is 4.08. The van der Waals surface area contributed by atoms with E-state index in [2.05, 4.69) is 5.32 Å². The molecule has 0 radical (unpaired) electrons. The monoisotopic (exact) mass is 365 g/mol. The molecule has 1 amide bonds. The molecule has 0 fully saturated rings. The Hall–Kier alpha value is -1.99. The highest BCUT2D eigenvalue weighted by molar-refractivity contribution is 7.16. The summed E-state index contributed by atoms with van der Waals surface area (Å²) in [6, 6.07) is 3.66. The van der Waals surface area contributed by atoms with Gasteiger partial charge in [-0.1, -0.05) is 6.92 Å². The maximum atomic E-state index is 12.4. The van der Waals surface area contributed by atoms with Gasteiger partial charge in [-0.2, -0.15) is 0 Å². The van der Waals surface area contributed by atoms with Gasteiger partial charge in [-0.3, -0.25) is 9.59 Å². The van der Waals surface area contributed by atoms with Crippen LogP contribution >= 0.6 is 22.7 Å². The summed E-state index contributed by atoms with van der Waals surface area (Å²) in [5.74, 6) is -1.08. The van der Waals surface area contributed by atoms with Crippen LogP contribution in [-0.4, -0.2) is 24.3 Å². The molecule has 0 atom stereocenters. The van der Waals surface area contributed by atoms with E-state index in [1.165, 1.54) is 29.6 Å². The van der Waals surface area contributed by atoms with Crippen LogP contribution < -0.4 is 5.32 Å². The summed E-state index contributed by atoms with van der Waals surface area (Å²) < 4.78 is 5.18. The van der Waals surface area contributed by atoms with Crippen LogP contribution in [0.4, 0.5) is 5.00 Å². The molecule has 0 saturated heterocycles. The minimum absolute atomic E-state index is 0.223. The highest BCUT2D eigenvalue weighted by Crippen LogP contribution is 2.33. The Morgan fingerprint density at radius 1 is 1.17 bits per heavy atom. The quantitative estimate of drug-likeness (QED) is 0.621. The van der Waals surface area contributed by atoms with Crippen molar-refractivity contribution in [1.82, 2.24) is 0 Å². The maximum Gasteiger partial charge on any atom is 0.341 e. The average molecular weight is 365 g/mol. The van der Waals surface area contributed by atoms with Crippen LogP contribution in [0.5, 0.6) is 0 Å². The average Bonchev–Trinajstić information content (AvgIpc) is 3.10. The SMILES string of the molecule is CCc1ccc(C(=O)COC(=O)c2c(NC(C)=O)sc(C)c2C)s1. The fraction of sp³-hybridized carbons (Fsp3) is 0.353. The van der Waals surface area contributed by atoms with Crippen molar-refractivity contribution < 1.29 is 19.1 Å². The Morgan fingerprint density at radius 2 is 1.88 bits per heavy atom. The van der Waals surface area contributed by atoms with E-state index >= 15 is 0 Å². The van der Waals surface area contributed by atoms with E-state index in [4.69, 9.17) is 4.74 Å². The number of ether oxygens (including phenoxy) is 1. The van der Waals surface area contributed by atoms with Crippen LogP contribution in [0.2, 0.25) is 0 Å². The fourth-order valence-electron chi connectivity index (χ4n) is 2.11. The second kappa shape index (κ2) is 7.72. The number of carbonyl (C=O) groups is 3. The molecule has 0 aliphatic rings. The highest BCUT2D eigenvalue weighted by Gasteiger charge is 2.22. The molecule has 2 aromatic heterocycles. The summed E-state index contributed by atoms with van der Waals surface area (Å²) in [7, 11) is 0. The van der Waals surface area contributed by atoms with Gasteiger partial charge in [-0.15, -0.1) is 22.7 Å². The Kier molecular flexibility index (Phi) is 5.90. The number of nitrogens with one attached hydrogen (secondary N) is 1. The first kappa shape index (κ1) is 18.4. The highest BCUT2D eigenvalue weighted by atomic mass is 32.1. The molecule has 0 aliphatic carbocycles. The molecule has 5 nitrogen and oxygen atoms in total. The zero-order valence-corrected chi connectivity index (χ0v) is 15.7. The van der Waals surface area contributed by atoms with Crippen molar-refractivity contribution in [3.63, 3.8) is 0 Å². The lowest BCUT2D eigenvalue weighted by atomic mass is 10.1. The van der Waals surface area contributed by atoms with Crippen molar-refractivity contribution in [2.45, 2.75) is 34.1 Å². The number of anilines is 1. The summed E-state index contributed by atoms with van der Waals surface area (Å²) in [6.07, 6.45) is 0.866. The molecule has 0 aromatic carbocycles. The molecule has 0 aliphatic heterocycles. The first-order chi connectivity index (χ1) is 11.3. The molecular formula is C17H19NO4S2. The molecule has 7 heteroatoms. The lowest BCUT2D eigenvalue weighted by molar-refractivity contribution is -0.114. The zero-order chi connectivity index (χ0) is 17.9. The van der Waals surface area contributed by atoms with Gasteiger partial charge in [0.2, 0.25) is 11.7 Å². The number of amides is 1. The van der Waals surface area contributed by atoms with Gasteiger partial charge >= 0.3 is 5.97 Å². The summed E-state index contributed by atoms with van der Waals surface area (Å²) in [5.41, 5.74) is 1.08. The van der Waals surface area contributed by atoms with Gasteiger partial charge in [0.05, 0.1) is 10.4 Å². The van der Waals surface area contributed by atoms with Gasteiger partial charge in [0.1, 0.15) is 5.00 Å². The first-order valence-corrected chi connectivity index (χ1v) is 9.13. The minimum atomic E-state index is -0.596. The molecule has 24 heavy (non-hydrogen) atoms. The van der Waals surface area contributed by atoms with Crippen LogP contribution in [0, 0.1) is 13.8 Å². The van der Waals surface area contributed by atoms with Crippen molar-refractivity contribution in [1.29, 1.82) is 0 Å². The second-order valence-electron chi connectivity index (χ2n) is 5.29. The standard InChI is InChI=1S/C17H19NO4S2/c1-5-12-6-7-14(24-12)13(20)8-22-17(21)15-9(2)10(3)23-16(15)18-11(4)19/h6-7H,5,8H2,1-4H3,(H,18,19). The minimum Gasteiger partial charge on any atom is -0.454 e. The number of rotatable bonds is 6. The van der Waals surface area contributed by atoms with Crippen LogP contribution in [0.25, 0.3) is 0 Å². The number of Topliss-reactive ketones (excluding diaryl/α,β-unsaturated/α-hetero) is 1. The summed E-state index contributed by atoms with van der Waals surface area (Å²) in [5, 5.41) is 3.10. The van der Waals surface area contributed by atoms with Gasteiger partial charge in [0.25, 0.3) is 0 Å². The molecule has 0 saturated carbocycles. The molecule has 1 N–H and O–H groups in total. The first-order valence-electron chi connectivity index (χ1n) is 7.50. The van der Waals surface area contributed by atoms with Gasteiger partial charge in [0, 0.05) is 16.7 Å². The molecule has 2 heterocycles. The predicted octanol–water partition coefficient (Wildman–Crippen LogP) is 3.99. The third kappa shape index (κ3) is 4.10. The summed E-state index contributed by atoms with van der Waals surface area (Å²) in [6.45, 7) is 6.75. The van der Waals surface area contributed by atoms with Crippen molar-refractivity contribution in [3.8, 4) is 0 Å². The molecule has 0 unspecified atom stereocenters. The van der Waals surface area contributed by atoms with E-state index < -0.39 is 5.97 Å². The Bertz CT molecular complexity index is 789. The number of hydrogen-bond donors (Lipinski definition) is 1. The lowest BCUT2D eigenvalue weighted by Crippen LogP contribution is -2.16. The van der Waals surface area contributed by atoms with Gasteiger partial charge in [-0.05, 0) is 38.0 Å². The Morgan fingerprint density at radius 3 is 2.46 bits per heavy atom. The smallest absolute Gasteiger partial charge is 0.341 e. The van der Waals surface area contributed by atoms with Gasteiger partial charge < -0.3 is 10.1 Å². The van der Waals surface area contributed by atoms with Crippen LogP contribution in [0.1, 0.15) is 49.2 Å². The number of thiophene rings is 2. The van der Waals surface area contributed by atoms with Crippen molar-refractivity contribution >= 4 is 45.3 Å². The van der Waals surface area contributed by atoms with Crippen molar-refractivity contribution in [3.05, 3.63) is 37.9 Å².